The van der Waals surface area contributed by atoms with E-state index in [1.54, 1.807) is 0 Å². The second-order valence-electron chi connectivity index (χ2n) is 6.82. The maximum Gasteiger partial charge on any atom is 0.187 e. The van der Waals surface area contributed by atoms with E-state index < -0.39 is 17.4 Å². The minimum absolute atomic E-state index is 0.322. The minimum atomic E-state index is -0.889. The van der Waals surface area contributed by atoms with Gasteiger partial charge in [0.05, 0.1) is 0 Å². The monoisotopic (exact) mass is 283 g/mol. The van der Waals surface area contributed by atoms with Crippen LogP contribution in [0.2, 0.25) is 0 Å². The SMILES string of the molecule is CC(C)(C)C1CCN(Cc2cc(F)c(O)c(F)c2)CC1. The predicted molar refractivity (Wildman–Crippen MR) is 75.5 cm³/mol. The van der Waals surface area contributed by atoms with Gasteiger partial charge in [-0.2, -0.15) is 0 Å². The number of rotatable bonds is 2. The van der Waals surface area contributed by atoms with Crippen LogP contribution in [-0.2, 0) is 6.54 Å². The van der Waals surface area contributed by atoms with Gasteiger partial charge < -0.3 is 5.11 Å². The van der Waals surface area contributed by atoms with E-state index in [1.807, 2.05) is 0 Å². The van der Waals surface area contributed by atoms with Crippen LogP contribution in [0.1, 0.15) is 39.2 Å². The molecule has 0 amide bonds. The van der Waals surface area contributed by atoms with Gasteiger partial charge in [-0.05, 0) is 55.0 Å². The molecule has 1 aromatic carbocycles. The van der Waals surface area contributed by atoms with Crippen LogP contribution in [0.25, 0.3) is 0 Å². The van der Waals surface area contributed by atoms with Crippen molar-refractivity contribution in [2.45, 2.75) is 40.2 Å². The van der Waals surface area contributed by atoms with Gasteiger partial charge in [-0.15, -0.1) is 0 Å². The molecule has 1 aliphatic heterocycles. The quantitative estimate of drug-likeness (QED) is 0.889. The molecule has 4 heteroatoms. The highest BCUT2D eigenvalue weighted by molar-refractivity contribution is 5.30. The van der Waals surface area contributed by atoms with Crippen molar-refractivity contribution in [1.82, 2.24) is 4.90 Å². The maximum absolute atomic E-state index is 13.3. The molecule has 0 aliphatic carbocycles. The Hall–Kier alpha value is -1.16. The van der Waals surface area contributed by atoms with Gasteiger partial charge in [-0.3, -0.25) is 4.90 Å². The number of hydrogen-bond acceptors (Lipinski definition) is 2. The van der Waals surface area contributed by atoms with E-state index in [1.165, 1.54) is 12.1 Å². The summed E-state index contributed by atoms with van der Waals surface area (Å²) in [4.78, 5) is 2.22. The standard InChI is InChI=1S/C16H23F2NO/c1-16(2,3)12-4-6-19(7-5-12)10-11-8-13(17)15(20)14(18)9-11/h8-9,12,20H,4-7,10H2,1-3H3. The molecule has 0 unspecified atom stereocenters. The van der Waals surface area contributed by atoms with Crippen LogP contribution >= 0.6 is 0 Å². The summed E-state index contributed by atoms with van der Waals surface area (Å²) < 4.78 is 26.6. The predicted octanol–water partition coefficient (Wildman–Crippen LogP) is 3.93. The van der Waals surface area contributed by atoms with E-state index in [9.17, 15) is 8.78 Å². The summed E-state index contributed by atoms with van der Waals surface area (Å²) in [5.41, 5.74) is 0.898. The van der Waals surface area contributed by atoms with Crippen molar-refractivity contribution >= 4 is 0 Å². The molecule has 112 valence electrons. The Bertz CT molecular complexity index is 451. The minimum Gasteiger partial charge on any atom is -0.503 e. The van der Waals surface area contributed by atoms with Gasteiger partial charge >= 0.3 is 0 Å². The third kappa shape index (κ3) is 3.48. The number of piperidine rings is 1. The number of halogens is 2. The second-order valence-corrected chi connectivity index (χ2v) is 6.82. The van der Waals surface area contributed by atoms with Crippen LogP contribution in [0.4, 0.5) is 8.78 Å². The molecule has 0 atom stereocenters. The molecule has 2 rings (SSSR count). The molecule has 1 N–H and O–H groups in total. The lowest BCUT2D eigenvalue weighted by Gasteiger charge is -2.38. The Kier molecular flexibility index (Phi) is 4.33. The van der Waals surface area contributed by atoms with Gasteiger partial charge in [0, 0.05) is 6.54 Å². The smallest absolute Gasteiger partial charge is 0.187 e. The molecule has 1 saturated heterocycles. The number of nitrogens with zero attached hydrogens (tertiary/aromatic N) is 1. The second kappa shape index (κ2) is 5.68. The number of phenols is 1. The fourth-order valence-electron chi connectivity index (χ4n) is 2.92. The lowest BCUT2D eigenvalue weighted by Crippen LogP contribution is -2.37. The van der Waals surface area contributed by atoms with E-state index in [4.69, 9.17) is 5.11 Å². The first-order valence-corrected chi connectivity index (χ1v) is 7.16. The highest BCUT2D eigenvalue weighted by Gasteiger charge is 2.28. The van der Waals surface area contributed by atoms with Crippen LogP contribution < -0.4 is 0 Å². The first-order chi connectivity index (χ1) is 9.27. The van der Waals surface area contributed by atoms with Crippen molar-refractivity contribution in [2.24, 2.45) is 11.3 Å². The zero-order valence-electron chi connectivity index (χ0n) is 12.4. The molecule has 1 aliphatic rings. The third-order valence-corrected chi connectivity index (χ3v) is 4.30. The average molecular weight is 283 g/mol. The summed E-state index contributed by atoms with van der Waals surface area (Å²) in [6.07, 6.45) is 2.24. The lowest BCUT2D eigenvalue weighted by molar-refractivity contribution is 0.108. The first-order valence-electron chi connectivity index (χ1n) is 7.16. The summed E-state index contributed by atoms with van der Waals surface area (Å²) in [7, 11) is 0. The van der Waals surface area contributed by atoms with Crippen molar-refractivity contribution in [2.75, 3.05) is 13.1 Å². The Morgan fingerprint density at radius 1 is 1.15 bits per heavy atom. The van der Waals surface area contributed by atoms with Gasteiger partial charge in [0.1, 0.15) is 0 Å². The highest BCUT2D eigenvalue weighted by Crippen LogP contribution is 2.34. The molecular weight excluding hydrogens is 260 g/mol. The molecule has 0 saturated carbocycles. The van der Waals surface area contributed by atoms with Crippen molar-refractivity contribution in [3.05, 3.63) is 29.3 Å². The van der Waals surface area contributed by atoms with Gasteiger partial charge in [-0.25, -0.2) is 8.78 Å². The molecular formula is C16H23F2NO. The Labute approximate surface area is 119 Å². The van der Waals surface area contributed by atoms with Gasteiger partial charge in [0.25, 0.3) is 0 Å². The molecule has 0 aromatic heterocycles. The van der Waals surface area contributed by atoms with E-state index in [2.05, 4.69) is 25.7 Å². The highest BCUT2D eigenvalue weighted by atomic mass is 19.1. The summed E-state index contributed by atoms with van der Waals surface area (Å²) in [6.45, 7) is 9.22. The molecule has 1 fully saturated rings. The van der Waals surface area contributed by atoms with E-state index in [0.29, 0.717) is 23.4 Å². The molecule has 0 radical (unpaired) electrons. The van der Waals surface area contributed by atoms with E-state index >= 15 is 0 Å². The normalized spacial score (nSPS) is 18.4. The number of aromatic hydroxyl groups is 1. The lowest BCUT2D eigenvalue weighted by atomic mass is 9.75. The van der Waals surface area contributed by atoms with Crippen LogP contribution in [0, 0.1) is 23.0 Å². The van der Waals surface area contributed by atoms with Crippen molar-refractivity contribution in [3.8, 4) is 5.75 Å². The zero-order chi connectivity index (χ0) is 14.9. The number of benzene rings is 1. The maximum atomic E-state index is 13.3. The van der Waals surface area contributed by atoms with Crippen molar-refractivity contribution in [1.29, 1.82) is 0 Å². The van der Waals surface area contributed by atoms with Crippen LogP contribution in [-0.4, -0.2) is 23.1 Å². The summed E-state index contributed by atoms with van der Waals surface area (Å²) in [5, 5.41) is 9.10. The number of likely N-dealkylation sites (tertiary alicyclic amines) is 1. The van der Waals surface area contributed by atoms with Gasteiger partial charge in [0.2, 0.25) is 0 Å². The Morgan fingerprint density at radius 2 is 1.65 bits per heavy atom. The summed E-state index contributed by atoms with van der Waals surface area (Å²) >= 11 is 0. The van der Waals surface area contributed by atoms with Gasteiger partial charge in [0.15, 0.2) is 17.4 Å². The van der Waals surface area contributed by atoms with Crippen LogP contribution in [0.3, 0.4) is 0 Å². The summed E-state index contributed by atoms with van der Waals surface area (Å²) in [6, 6.07) is 2.43. The average Bonchev–Trinajstić information content (AvgIpc) is 2.35. The van der Waals surface area contributed by atoms with Crippen molar-refractivity contribution < 1.29 is 13.9 Å². The van der Waals surface area contributed by atoms with Crippen LogP contribution in [0.15, 0.2) is 12.1 Å². The first kappa shape index (κ1) is 15.2. The fraction of sp³-hybridized carbons (Fsp3) is 0.625. The molecule has 0 spiro atoms. The zero-order valence-corrected chi connectivity index (χ0v) is 12.4. The van der Waals surface area contributed by atoms with Crippen molar-refractivity contribution in [3.63, 3.8) is 0 Å². The molecule has 1 heterocycles. The molecule has 2 nitrogen and oxygen atoms in total. The Balaban J connectivity index is 1.96. The van der Waals surface area contributed by atoms with E-state index in [0.717, 1.165) is 25.9 Å². The third-order valence-electron chi connectivity index (χ3n) is 4.30. The fourth-order valence-corrected chi connectivity index (χ4v) is 2.92. The van der Waals surface area contributed by atoms with Crippen LogP contribution in [0.5, 0.6) is 5.75 Å². The molecule has 0 bridgehead atoms. The summed E-state index contributed by atoms with van der Waals surface area (Å²) in [5.74, 6) is -1.96. The van der Waals surface area contributed by atoms with E-state index in [-0.39, 0.29) is 0 Å². The van der Waals surface area contributed by atoms with Gasteiger partial charge in [-0.1, -0.05) is 20.8 Å². The number of phenolic OH excluding ortho intramolecular Hbond substituents is 1. The molecule has 1 aromatic rings. The topological polar surface area (TPSA) is 23.5 Å². The Morgan fingerprint density at radius 3 is 2.10 bits per heavy atom. The molecule has 20 heavy (non-hydrogen) atoms. The largest absolute Gasteiger partial charge is 0.503 e. The number of hydrogen-bond donors (Lipinski definition) is 1.